The first-order chi connectivity index (χ1) is 7.15. The van der Waals surface area contributed by atoms with Crippen molar-refractivity contribution in [2.75, 3.05) is 12.3 Å². The van der Waals surface area contributed by atoms with Crippen LogP contribution in [-0.2, 0) is 14.6 Å². The van der Waals surface area contributed by atoms with Gasteiger partial charge in [0.25, 0.3) is 0 Å². The Bertz CT molecular complexity index is 324. The fourth-order valence-corrected chi connectivity index (χ4v) is 2.35. The summed E-state index contributed by atoms with van der Waals surface area (Å²) in [6, 6.07) is 0. The summed E-state index contributed by atoms with van der Waals surface area (Å²) >= 11 is 0. The molecule has 2 N–H and O–H groups in total. The van der Waals surface area contributed by atoms with E-state index in [0.717, 1.165) is 0 Å². The monoisotopic (exact) mass is 249 g/mol. The lowest BCUT2D eigenvalue weighted by molar-refractivity contribution is -0.122. The van der Waals surface area contributed by atoms with Crippen LogP contribution < -0.4 is 5.73 Å². The molecule has 0 bridgehead atoms. The third-order valence-electron chi connectivity index (χ3n) is 2.78. The van der Waals surface area contributed by atoms with Gasteiger partial charge < -0.3 is 5.73 Å². The fraction of sp³-hybridized carbons (Fsp3) is 0.909. The zero-order valence-corrected chi connectivity index (χ0v) is 11.4. The molecule has 0 aromatic rings. The normalized spacial score (nSPS) is 14.8. The Balaban J connectivity index is 4.43. The Morgan fingerprint density at radius 1 is 1.31 bits per heavy atom. The maximum atomic E-state index is 11.8. The predicted molar refractivity (Wildman–Crippen MR) is 66.0 cm³/mol. The number of hydrogen-bond donors (Lipinski definition) is 1. The Kier molecular flexibility index (Phi) is 5.62. The summed E-state index contributed by atoms with van der Waals surface area (Å²) in [5.74, 6) is -0.320. The van der Waals surface area contributed by atoms with Crippen molar-refractivity contribution in [3.63, 3.8) is 0 Å². The lowest BCUT2D eigenvalue weighted by Crippen LogP contribution is -2.32. The number of carbonyl (C=O) groups is 1. The molecular formula is C11H23NO3S. The van der Waals surface area contributed by atoms with Crippen LogP contribution in [0, 0.1) is 5.92 Å². The number of sulfone groups is 1. The minimum absolute atomic E-state index is 0.0437. The second-order valence-electron chi connectivity index (χ2n) is 4.99. The summed E-state index contributed by atoms with van der Waals surface area (Å²) < 4.78 is 22.8. The van der Waals surface area contributed by atoms with Crippen molar-refractivity contribution in [2.45, 2.75) is 45.3 Å². The Morgan fingerprint density at radius 3 is 2.12 bits per heavy atom. The second-order valence-corrected chi connectivity index (χ2v) is 7.85. The standard InChI is InChI=1S/C11H23NO3S/c1-5-9(8-12)10(13)6-7-16(14,15)11(2,3)4/h9H,5-8,12H2,1-4H3. The fourth-order valence-electron chi connectivity index (χ4n) is 1.27. The van der Waals surface area contributed by atoms with Crippen LogP contribution in [0.1, 0.15) is 40.5 Å². The van der Waals surface area contributed by atoms with E-state index in [0.29, 0.717) is 13.0 Å². The number of rotatable bonds is 6. The summed E-state index contributed by atoms with van der Waals surface area (Å²) in [5.41, 5.74) is 5.44. The van der Waals surface area contributed by atoms with E-state index in [1.807, 2.05) is 6.92 Å². The van der Waals surface area contributed by atoms with Gasteiger partial charge in [-0.3, -0.25) is 4.79 Å². The molecule has 1 unspecified atom stereocenters. The minimum Gasteiger partial charge on any atom is -0.330 e. The molecule has 5 heteroatoms. The molecule has 96 valence electrons. The summed E-state index contributed by atoms with van der Waals surface area (Å²) in [5, 5.41) is 0. The van der Waals surface area contributed by atoms with Gasteiger partial charge in [0.2, 0.25) is 0 Å². The summed E-state index contributed by atoms with van der Waals surface area (Å²) in [6.45, 7) is 7.12. The molecule has 0 radical (unpaired) electrons. The number of hydrogen-bond acceptors (Lipinski definition) is 4. The summed E-state index contributed by atoms with van der Waals surface area (Å²) in [7, 11) is -3.20. The highest BCUT2D eigenvalue weighted by Gasteiger charge is 2.29. The van der Waals surface area contributed by atoms with E-state index in [-0.39, 0.29) is 23.9 Å². The average molecular weight is 249 g/mol. The van der Waals surface area contributed by atoms with E-state index in [1.54, 1.807) is 20.8 Å². The van der Waals surface area contributed by atoms with E-state index in [1.165, 1.54) is 0 Å². The molecule has 0 fully saturated rings. The third kappa shape index (κ3) is 4.22. The first-order valence-electron chi connectivity index (χ1n) is 5.60. The van der Waals surface area contributed by atoms with Crippen molar-refractivity contribution in [1.29, 1.82) is 0 Å². The first kappa shape index (κ1) is 15.6. The van der Waals surface area contributed by atoms with Crippen LogP contribution in [0.15, 0.2) is 0 Å². The molecule has 0 aromatic heterocycles. The molecule has 1 atom stereocenters. The van der Waals surface area contributed by atoms with Gasteiger partial charge in [0, 0.05) is 18.9 Å². The van der Waals surface area contributed by atoms with Crippen molar-refractivity contribution >= 4 is 15.6 Å². The highest BCUT2D eigenvalue weighted by atomic mass is 32.2. The summed E-state index contributed by atoms with van der Waals surface area (Å²) in [4.78, 5) is 11.6. The van der Waals surface area contributed by atoms with E-state index >= 15 is 0 Å². The van der Waals surface area contributed by atoms with E-state index in [4.69, 9.17) is 5.73 Å². The molecule has 0 aromatic carbocycles. The molecule has 0 saturated heterocycles. The van der Waals surface area contributed by atoms with Gasteiger partial charge in [0.15, 0.2) is 9.84 Å². The van der Waals surface area contributed by atoms with Crippen LogP contribution in [0.25, 0.3) is 0 Å². The van der Waals surface area contributed by atoms with Crippen molar-refractivity contribution in [2.24, 2.45) is 11.7 Å². The van der Waals surface area contributed by atoms with Crippen LogP contribution in [0.2, 0.25) is 0 Å². The highest BCUT2D eigenvalue weighted by Crippen LogP contribution is 2.17. The molecular weight excluding hydrogens is 226 g/mol. The quantitative estimate of drug-likeness (QED) is 0.766. The lowest BCUT2D eigenvalue weighted by Gasteiger charge is -2.19. The van der Waals surface area contributed by atoms with Gasteiger partial charge in [0.05, 0.1) is 10.5 Å². The molecule has 0 spiro atoms. The van der Waals surface area contributed by atoms with Gasteiger partial charge in [-0.1, -0.05) is 6.92 Å². The number of nitrogens with two attached hydrogens (primary N) is 1. The van der Waals surface area contributed by atoms with Crippen LogP contribution in [0.4, 0.5) is 0 Å². The highest BCUT2D eigenvalue weighted by molar-refractivity contribution is 7.92. The summed E-state index contributed by atoms with van der Waals surface area (Å²) in [6.07, 6.45) is 0.750. The van der Waals surface area contributed by atoms with Crippen molar-refractivity contribution in [3.8, 4) is 0 Å². The molecule has 0 aliphatic rings. The van der Waals surface area contributed by atoms with Crippen LogP contribution in [0.5, 0.6) is 0 Å². The van der Waals surface area contributed by atoms with Gasteiger partial charge in [-0.05, 0) is 27.2 Å². The van der Waals surface area contributed by atoms with Crippen molar-refractivity contribution in [1.82, 2.24) is 0 Å². The molecule has 16 heavy (non-hydrogen) atoms. The van der Waals surface area contributed by atoms with Gasteiger partial charge in [-0.25, -0.2) is 8.42 Å². The Labute approximate surface area is 98.5 Å². The lowest BCUT2D eigenvalue weighted by atomic mass is 10.00. The molecule has 0 amide bonds. The zero-order valence-electron chi connectivity index (χ0n) is 10.6. The van der Waals surface area contributed by atoms with Gasteiger partial charge in [-0.15, -0.1) is 0 Å². The van der Waals surface area contributed by atoms with Gasteiger partial charge in [-0.2, -0.15) is 0 Å². The SMILES string of the molecule is CCC(CN)C(=O)CCS(=O)(=O)C(C)(C)C. The van der Waals surface area contributed by atoms with Crippen LogP contribution >= 0.6 is 0 Å². The zero-order chi connectivity index (χ0) is 13.0. The third-order valence-corrected chi connectivity index (χ3v) is 5.39. The van der Waals surface area contributed by atoms with E-state index in [9.17, 15) is 13.2 Å². The maximum Gasteiger partial charge on any atom is 0.155 e. The largest absolute Gasteiger partial charge is 0.330 e. The average Bonchev–Trinajstić information content (AvgIpc) is 2.15. The molecule has 0 aliphatic heterocycles. The number of Topliss-reactive ketones (excluding diaryl/α,β-unsaturated/α-hetero) is 1. The topological polar surface area (TPSA) is 77.2 Å². The number of carbonyl (C=O) groups excluding carboxylic acids is 1. The molecule has 0 rings (SSSR count). The van der Waals surface area contributed by atoms with Crippen LogP contribution in [0.3, 0.4) is 0 Å². The van der Waals surface area contributed by atoms with E-state index in [2.05, 4.69) is 0 Å². The Morgan fingerprint density at radius 2 is 1.81 bits per heavy atom. The maximum absolute atomic E-state index is 11.8. The first-order valence-corrected chi connectivity index (χ1v) is 7.26. The van der Waals surface area contributed by atoms with Gasteiger partial charge in [0.1, 0.15) is 5.78 Å². The molecule has 0 saturated carbocycles. The predicted octanol–water partition coefficient (Wildman–Crippen LogP) is 1.14. The number of ketones is 1. The smallest absolute Gasteiger partial charge is 0.155 e. The molecule has 0 aliphatic carbocycles. The molecule has 0 heterocycles. The van der Waals surface area contributed by atoms with Crippen molar-refractivity contribution in [3.05, 3.63) is 0 Å². The van der Waals surface area contributed by atoms with Crippen molar-refractivity contribution < 1.29 is 13.2 Å². The van der Waals surface area contributed by atoms with Crippen LogP contribution in [-0.4, -0.2) is 31.2 Å². The van der Waals surface area contributed by atoms with E-state index < -0.39 is 14.6 Å². The molecule has 4 nitrogen and oxygen atoms in total. The Hall–Kier alpha value is -0.420. The minimum atomic E-state index is -3.20. The van der Waals surface area contributed by atoms with Gasteiger partial charge >= 0.3 is 0 Å². The second kappa shape index (κ2) is 5.77.